The number of aliphatic hydroxyl groups excluding tert-OH is 1. The van der Waals surface area contributed by atoms with Crippen molar-refractivity contribution in [2.45, 2.75) is 51.6 Å². The number of rotatable bonds is 14. The first-order valence-electron chi connectivity index (χ1n) is 12.6. The first-order chi connectivity index (χ1) is 18.9. The summed E-state index contributed by atoms with van der Waals surface area (Å²) in [6, 6.07) is 13.4. The highest BCUT2D eigenvalue weighted by atomic mass is 19.4. The fourth-order valence-corrected chi connectivity index (χ4v) is 3.84. The molecule has 0 aliphatic heterocycles. The van der Waals surface area contributed by atoms with E-state index in [2.05, 4.69) is 20.0 Å². The minimum atomic E-state index is -4.72. The van der Waals surface area contributed by atoms with Gasteiger partial charge in [-0.25, -0.2) is 9.67 Å². The molecule has 39 heavy (non-hydrogen) atoms. The normalized spacial score (nSPS) is 11.8. The topological polar surface area (TPSA) is 95.4 Å². The molecule has 0 spiro atoms. The molecule has 0 atom stereocenters. The summed E-state index contributed by atoms with van der Waals surface area (Å²) in [5.74, 6) is 0.793. The predicted molar refractivity (Wildman–Crippen MR) is 138 cm³/mol. The second kappa shape index (κ2) is 13.6. The lowest BCUT2D eigenvalue weighted by molar-refractivity contribution is -0.274. The van der Waals surface area contributed by atoms with Crippen LogP contribution >= 0.6 is 0 Å². The zero-order valence-electron chi connectivity index (χ0n) is 21.2. The van der Waals surface area contributed by atoms with Crippen LogP contribution in [0.25, 0.3) is 12.2 Å². The minimum absolute atomic E-state index is 0.142. The molecule has 4 aromatic rings. The minimum Gasteiger partial charge on any atom is -0.487 e. The van der Waals surface area contributed by atoms with Crippen LogP contribution in [0.3, 0.4) is 0 Å². The van der Waals surface area contributed by atoms with Gasteiger partial charge in [0.1, 0.15) is 30.1 Å². The Kier molecular flexibility index (Phi) is 9.74. The molecule has 2 aromatic heterocycles. The van der Waals surface area contributed by atoms with E-state index in [-0.39, 0.29) is 19.0 Å². The number of hydrogen-bond acceptors (Lipinski definition) is 7. The van der Waals surface area contributed by atoms with Crippen LogP contribution in [0.5, 0.6) is 11.5 Å². The lowest BCUT2D eigenvalue weighted by atomic mass is 10.1. The standard InChI is InChI=1S/C28H29F3N4O4/c29-28(30,31)39-26-13-8-22(9-14-26)10-15-27-33-23(20-38-27)19-37-25-11-6-21(7-12-25)4-1-2-5-24-18-32-34-35(24)16-3-17-36/h6-15,18,20,36H,1-5,16-17,19H2. The summed E-state index contributed by atoms with van der Waals surface area (Å²) in [7, 11) is 0. The van der Waals surface area contributed by atoms with E-state index in [1.807, 2.05) is 28.9 Å². The highest BCUT2D eigenvalue weighted by Gasteiger charge is 2.30. The Bertz CT molecular complexity index is 1320. The van der Waals surface area contributed by atoms with Crippen molar-refractivity contribution in [3.05, 3.63) is 89.4 Å². The number of benzene rings is 2. The summed E-state index contributed by atoms with van der Waals surface area (Å²) in [6.45, 7) is 1.06. The second-order valence-corrected chi connectivity index (χ2v) is 8.79. The van der Waals surface area contributed by atoms with Crippen molar-refractivity contribution >= 4 is 12.2 Å². The van der Waals surface area contributed by atoms with Crippen molar-refractivity contribution in [1.29, 1.82) is 0 Å². The molecule has 0 radical (unpaired) electrons. The summed E-state index contributed by atoms with van der Waals surface area (Å²) in [6.07, 6.45) is 6.44. The molecule has 8 nitrogen and oxygen atoms in total. The number of ether oxygens (including phenoxy) is 2. The lowest BCUT2D eigenvalue weighted by Gasteiger charge is -2.08. The molecule has 0 amide bonds. The molecular formula is C28H29F3N4O4. The van der Waals surface area contributed by atoms with E-state index in [0.29, 0.717) is 30.1 Å². The van der Waals surface area contributed by atoms with Crippen LogP contribution < -0.4 is 9.47 Å². The fourth-order valence-electron chi connectivity index (χ4n) is 3.84. The van der Waals surface area contributed by atoms with Gasteiger partial charge in [-0.2, -0.15) is 0 Å². The van der Waals surface area contributed by atoms with Crippen LogP contribution in [0.2, 0.25) is 0 Å². The Morgan fingerprint density at radius 3 is 2.41 bits per heavy atom. The Morgan fingerprint density at radius 2 is 1.67 bits per heavy atom. The third-order valence-electron chi connectivity index (χ3n) is 5.79. The van der Waals surface area contributed by atoms with Crippen molar-refractivity contribution in [2.75, 3.05) is 6.61 Å². The predicted octanol–water partition coefficient (Wildman–Crippen LogP) is 5.86. The van der Waals surface area contributed by atoms with Crippen LogP contribution in [0, 0.1) is 0 Å². The molecule has 206 valence electrons. The summed E-state index contributed by atoms with van der Waals surface area (Å²) in [5.41, 5.74) is 3.59. The highest BCUT2D eigenvalue weighted by molar-refractivity contribution is 5.66. The Hall–Kier alpha value is -4.12. The first kappa shape index (κ1) is 27.9. The number of unbranched alkanes of at least 4 members (excludes halogenated alkanes) is 1. The molecule has 4 rings (SSSR count). The molecule has 0 saturated carbocycles. The number of aliphatic hydroxyl groups is 1. The number of halogens is 3. The Labute approximate surface area is 223 Å². The van der Waals surface area contributed by atoms with E-state index in [0.717, 1.165) is 37.1 Å². The summed E-state index contributed by atoms with van der Waals surface area (Å²) < 4.78 is 53.7. The van der Waals surface area contributed by atoms with Gasteiger partial charge in [0.15, 0.2) is 0 Å². The second-order valence-electron chi connectivity index (χ2n) is 8.79. The van der Waals surface area contributed by atoms with Gasteiger partial charge in [-0.3, -0.25) is 0 Å². The Morgan fingerprint density at radius 1 is 0.923 bits per heavy atom. The number of nitrogens with zero attached hydrogens (tertiary/aromatic N) is 4. The van der Waals surface area contributed by atoms with E-state index < -0.39 is 6.36 Å². The lowest BCUT2D eigenvalue weighted by Crippen LogP contribution is -2.16. The molecule has 11 heteroatoms. The number of hydrogen-bond donors (Lipinski definition) is 1. The first-order valence-corrected chi connectivity index (χ1v) is 12.6. The van der Waals surface area contributed by atoms with Gasteiger partial charge < -0.3 is 19.0 Å². The monoisotopic (exact) mass is 542 g/mol. The molecule has 0 aliphatic rings. The number of alkyl halides is 3. The van der Waals surface area contributed by atoms with Gasteiger partial charge in [-0.1, -0.05) is 29.5 Å². The third kappa shape index (κ3) is 9.29. The van der Waals surface area contributed by atoms with Crippen LogP contribution in [0.4, 0.5) is 13.2 Å². The average molecular weight is 543 g/mol. The van der Waals surface area contributed by atoms with Gasteiger partial charge in [0.05, 0.1) is 11.9 Å². The number of aryl methyl sites for hydroxylation is 3. The zero-order valence-corrected chi connectivity index (χ0v) is 21.2. The van der Waals surface area contributed by atoms with E-state index >= 15 is 0 Å². The van der Waals surface area contributed by atoms with Gasteiger partial charge in [-0.05, 0) is 73.6 Å². The molecule has 1 N–H and O–H groups in total. The number of aromatic nitrogens is 4. The molecular weight excluding hydrogens is 513 g/mol. The maximum atomic E-state index is 12.3. The maximum absolute atomic E-state index is 12.3. The zero-order chi connectivity index (χ0) is 27.5. The van der Waals surface area contributed by atoms with E-state index in [1.165, 1.54) is 36.1 Å². The molecule has 0 bridgehead atoms. The van der Waals surface area contributed by atoms with Crippen molar-refractivity contribution < 1.29 is 32.2 Å². The van der Waals surface area contributed by atoms with E-state index in [4.69, 9.17) is 14.3 Å². The maximum Gasteiger partial charge on any atom is 0.573 e. The van der Waals surface area contributed by atoms with Gasteiger partial charge in [0.2, 0.25) is 5.89 Å². The van der Waals surface area contributed by atoms with Crippen LogP contribution in [-0.2, 0) is 26.0 Å². The molecule has 0 unspecified atom stereocenters. The van der Waals surface area contributed by atoms with Crippen LogP contribution in [0.1, 0.15) is 47.7 Å². The van der Waals surface area contributed by atoms with Gasteiger partial charge in [-0.15, -0.1) is 18.3 Å². The van der Waals surface area contributed by atoms with Crippen LogP contribution in [0.15, 0.2) is 65.4 Å². The molecule has 0 saturated heterocycles. The molecule has 2 heterocycles. The van der Waals surface area contributed by atoms with E-state index in [1.54, 1.807) is 18.3 Å². The van der Waals surface area contributed by atoms with Crippen molar-refractivity contribution in [1.82, 2.24) is 20.0 Å². The van der Waals surface area contributed by atoms with Crippen molar-refractivity contribution in [3.8, 4) is 11.5 Å². The summed E-state index contributed by atoms with van der Waals surface area (Å²) in [5, 5.41) is 17.0. The van der Waals surface area contributed by atoms with Crippen LogP contribution in [-0.4, -0.2) is 38.1 Å². The largest absolute Gasteiger partial charge is 0.573 e. The van der Waals surface area contributed by atoms with E-state index in [9.17, 15) is 13.2 Å². The smallest absolute Gasteiger partial charge is 0.487 e. The van der Waals surface area contributed by atoms with Gasteiger partial charge in [0, 0.05) is 19.2 Å². The third-order valence-corrected chi connectivity index (χ3v) is 5.79. The van der Waals surface area contributed by atoms with Crippen molar-refractivity contribution in [3.63, 3.8) is 0 Å². The van der Waals surface area contributed by atoms with Gasteiger partial charge >= 0.3 is 6.36 Å². The van der Waals surface area contributed by atoms with Gasteiger partial charge in [0.25, 0.3) is 0 Å². The molecule has 0 aliphatic carbocycles. The summed E-state index contributed by atoms with van der Waals surface area (Å²) in [4.78, 5) is 4.34. The highest BCUT2D eigenvalue weighted by Crippen LogP contribution is 2.23. The van der Waals surface area contributed by atoms with Crippen molar-refractivity contribution in [2.24, 2.45) is 0 Å². The Balaban J connectivity index is 1.18. The average Bonchev–Trinajstić information content (AvgIpc) is 3.57. The molecule has 0 fully saturated rings. The summed E-state index contributed by atoms with van der Waals surface area (Å²) >= 11 is 0. The SMILES string of the molecule is OCCCn1nncc1CCCCc1ccc(OCc2coc(C=Cc3ccc(OC(F)(F)F)cc3)n2)cc1. The quantitative estimate of drug-likeness (QED) is 0.199. The molecule has 2 aromatic carbocycles. The number of oxazole rings is 1. The fraction of sp³-hybridized carbons (Fsp3) is 0.321.